The fraction of sp³-hybridized carbons (Fsp3) is 0.692. The summed E-state index contributed by atoms with van der Waals surface area (Å²) in [6.07, 6.45) is 4.46. The topological polar surface area (TPSA) is 50.3 Å². The predicted molar refractivity (Wildman–Crippen MR) is 73.0 cm³/mol. The molecule has 106 valence electrons. The van der Waals surface area contributed by atoms with Crippen LogP contribution in [0, 0.1) is 5.82 Å². The summed E-state index contributed by atoms with van der Waals surface area (Å²) in [5.74, 6) is 0.393. The Hall–Kier alpha value is -1.43. The molecule has 1 aliphatic heterocycles. The molecule has 1 fully saturated rings. The lowest BCUT2D eigenvalue weighted by Gasteiger charge is -2.22. The van der Waals surface area contributed by atoms with Crippen molar-refractivity contribution in [3.63, 3.8) is 0 Å². The van der Waals surface area contributed by atoms with Gasteiger partial charge < -0.3 is 15.0 Å². The third kappa shape index (κ3) is 3.76. The Labute approximate surface area is 113 Å². The van der Waals surface area contributed by atoms with E-state index in [4.69, 9.17) is 4.74 Å². The number of likely N-dealkylation sites (N-methyl/N-ethyl adjacent to an activating group) is 1. The molecule has 19 heavy (non-hydrogen) atoms. The molecule has 2 rings (SSSR count). The van der Waals surface area contributed by atoms with Gasteiger partial charge in [-0.15, -0.1) is 0 Å². The molecule has 0 aliphatic carbocycles. The highest BCUT2D eigenvalue weighted by atomic mass is 19.1. The molecular formula is C13H21FN4O. The van der Waals surface area contributed by atoms with Crippen LogP contribution in [0.5, 0.6) is 0 Å². The fourth-order valence-electron chi connectivity index (χ4n) is 2.13. The zero-order valence-corrected chi connectivity index (χ0v) is 11.5. The average molecular weight is 268 g/mol. The summed E-state index contributed by atoms with van der Waals surface area (Å²) in [7, 11) is 1.83. The van der Waals surface area contributed by atoms with Gasteiger partial charge >= 0.3 is 0 Å². The first-order valence-electron chi connectivity index (χ1n) is 6.80. The van der Waals surface area contributed by atoms with Gasteiger partial charge in [0.05, 0.1) is 12.3 Å². The number of nitrogens with zero attached hydrogens (tertiary/aromatic N) is 3. The lowest BCUT2D eigenvalue weighted by atomic mass is 10.2. The first-order chi connectivity index (χ1) is 9.20. The molecule has 1 aliphatic rings. The van der Waals surface area contributed by atoms with Gasteiger partial charge in [-0.25, -0.2) is 9.37 Å². The molecule has 0 bridgehead atoms. The zero-order chi connectivity index (χ0) is 13.7. The first kappa shape index (κ1) is 14.0. The van der Waals surface area contributed by atoms with E-state index in [-0.39, 0.29) is 6.10 Å². The molecular weight excluding hydrogens is 247 g/mol. The van der Waals surface area contributed by atoms with Crippen molar-refractivity contribution in [1.82, 2.24) is 9.97 Å². The van der Waals surface area contributed by atoms with Gasteiger partial charge in [0.2, 0.25) is 5.95 Å². The standard InChI is InChI=1S/C13H21FN4O/c1-3-6-15-13-16-8-11(14)12(17-13)18(2)9-10-5-4-7-19-10/h8,10H,3-7,9H2,1-2H3,(H,15,16,17). The van der Waals surface area contributed by atoms with Crippen LogP contribution in [0.1, 0.15) is 26.2 Å². The van der Waals surface area contributed by atoms with E-state index in [9.17, 15) is 4.39 Å². The number of hydrogen-bond acceptors (Lipinski definition) is 5. The van der Waals surface area contributed by atoms with Crippen molar-refractivity contribution in [2.24, 2.45) is 0 Å². The third-order valence-corrected chi connectivity index (χ3v) is 3.12. The maximum atomic E-state index is 13.8. The molecule has 1 saturated heterocycles. The van der Waals surface area contributed by atoms with E-state index in [0.717, 1.165) is 32.4 Å². The second-order valence-corrected chi connectivity index (χ2v) is 4.81. The van der Waals surface area contributed by atoms with Gasteiger partial charge in [-0.3, -0.25) is 0 Å². The number of ether oxygens (including phenoxy) is 1. The number of anilines is 2. The van der Waals surface area contributed by atoms with E-state index in [1.165, 1.54) is 6.20 Å². The Morgan fingerprint density at radius 1 is 1.58 bits per heavy atom. The molecule has 1 atom stereocenters. The predicted octanol–water partition coefficient (Wildman–Crippen LogP) is 2.05. The minimum absolute atomic E-state index is 0.173. The Kier molecular flexibility index (Phi) is 4.90. The highest BCUT2D eigenvalue weighted by molar-refractivity contribution is 5.43. The van der Waals surface area contributed by atoms with Crippen LogP contribution >= 0.6 is 0 Å². The molecule has 1 unspecified atom stereocenters. The lowest BCUT2D eigenvalue weighted by molar-refractivity contribution is 0.116. The highest BCUT2D eigenvalue weighted by Gasteiger charge is 2.20. The van der Waals surface area contributed by atoms with Crippen LogP contribution in [0.15, 0.2) is 6.20 Å². The van der Waals surface area contributed by atoms with Gasteiger partial charge in [0.25, 0.3) is 0 Å². The molecule has 5 nitrogen and oxygen atoms in total. The van der Waals surface area contributed by atoms with Crippen LogP contribution in [-0.2, 0) is 4.74 Å². The summed E-state index contributed by atoms with van der Waals surface area (Å²) in [4.78, 5) is 9.96. The van der Waals surface area contributed by atoms with Gasteiger partial charge in [-0.05, 0) is 19.3 Å². The number of halogens is 1. The second kappa shape index (κ2) is 6.65. The van der Waals surface area contributed by atoms with Crippen molar-refractivity contribution in [1.29, 1.82) is 0 Å². The van der Waals surface area contributed by atoms with Crippen LogP contribution in [0.25, 0.3) is 0 Å². The number of hydrogen-bond donors (Lipinski definition) is 1. The number of aromatic nitrogens is 2. The van der Waals surface area contributed by atoms with Crippen molar-refractivity contribution < 1.29 is 9.13 Å². The molecule has 0 radical (unpaired) electrons. The van der Waals surface area contributed by atoms with Gasteiger partial charge in [0, 0.05) is 26.7 Å². The van der Waals surface area contributed by atoms with E-state index in [0.29, 0.717) is 18.3 Å². The second-order valence-electron chi connectivity index (χ2n) is 4.81. The van der Waals surface area contributed by atoms with Crippen LogP contribution < -0.4 is 10.2 Å². The van der Waals surface area contributed by atoms with E-state index >= 15 is 0 Å². The Morgan fingerprint density at radius 3 is 3.11 bits per heavy atom. The van der Waals surface area contributed by atoms with Crippen molar-refractivity contribution in [3.05, 3.63) is 12.0 Å². The van der Waals surface area contributed by atoms with Gasteiger partial charge in [0.15, 0.2) is 11.6 Å². The quantitative estimate of drug-likeness (QED) is 0.855. The van der Waals surface area contributed by atoms with Gasteiger partial charge in [0.1, 0.15) is 0 Å². The molecule has 6 heteroatoms. The normalized spacial score (nSPS) is 18.6. The van der Waals surface area contributed by atoms with Crippen molar-refractivity contribution >= 4 is 11.8 Å². The maximum Gasteiger partial charge on any atom is 0.224 e. The zero-order valence-electron chi connectivity index (χ0n) is 11.5. The molecule has 0 saturated carbocycles. The van der Waals surface area contributed by atoms with Gasteiger partial charge in [-0.2, -0.15) is 4.98 Å². The fourth-order valence-corrected chi connectivity index (χ4v) is 2.13. The minimum atomic E-state index is -0.400. The number of rotatable bonds is 6. The Morgan fingerprint density at radius 2 is 2.42 bits per heavy atom. The molecule has 0 spiro atoms. The van der Waals surface area contributed by atoms with Crippen molar-refractivity contribution in [3.8, 4) is 0 Å². The summed E-state index contributed by atoms with van der Waals surface area (Å²) >= 11 is 0. The van der Waals surface area contributed by atoms with E-state index in [2.05, 4.69) is 22.2 Å². The highest BCUT2D eigenvalue weighted by Crippen LogP contribution is 2.19. The smallest absolute Gasteiger partial charge is 0.224 e. The number of nitrogens with one attached hydrogen (secondary N) is 1. The third-order valence-electron chi connectivity index (χ3n) is 3.12. The van der Waals surface area contributed by atoms with Crippen molar-refractivity contribution in [2.75, 3.05) is 37.0 Å². The molecule has 2 heterocycles. The summed E-state index contributed by atoms with van der Waals surface area (Å²) < 4.78 is 19.3. The lowest BCUT2D eigenvalue weighted by Crippen LogP contribution is -2.30. The monoisotopic (exact) mass is 268 g/mol. The molecule has 1 aromatic heterocycles. The van der Waals surface area contributed by atoms with Crippen LogP contribution in [0.3, 0.4) is 0 Å². The minimum Gasteiger partial charge on any atom is -0.376 e. The molecule has 0 amide bonds. The summed E-state index contributed by atoms with van der Waals surface area (Å²) in [5.41, 5.74) is 0. The van der Waals surface area contributed by atoms with Crippen LogP contribution in [-0.4, -0.2) is 42.8 Å². The van der Waals surface area contributed by atoms with E-state index in [1.54, 1.807) is 4.90 Å². The Balaban J connectivity index is 2.03. The van der Waals surface area contributed by atoms with Crippen LogP contribution in [0.2, 0.25) is 0 Å². The molecule has 0 aromatic carbocycles. The van der Waals surface area contributed by atoms with Crippen molar-refractivity contribution in [2.45, 2.75) is 32.3 Å². The van der Waals surface area contributed by atoms with Crippen LogP contribution in [0.4, 0.5) is 16.2 Å². The Bertz CT molecular complexity index is 410. The SMILES string of the molecule is CCCNc1ncc(F)c(N(C)CC2CCCO2)n1. The summed E-state index contributed by atoms with van der Waals surface area (Å²) in [6.45, 7) is 4.29. The molecule has 1 N–H and O–H groups in total. The first-order valence-corrected chi connectivity index (χ1v) is 6.80. The summed E-state index contributed by atoms with van der Waals surface area (Å²) in [5, 5.41) is 3.06. The van der Waals surface area contributed by atoms with E-state index < -0.39 is 5.82 Å². The van der Waals surface area contributed by atoms with E-state index in [1.807, 2.05) is 7.05 Å². The molecule has 1 aromatic rings. The van der Waals surface area contributed by atoms with Gasteiger partial charge in [-0.1, -0.05) is 6.92 Å². The summed E-state index contributed by atoms with van der Waals surface area (Å²) in [6, 6.07) is 0. The largest absolute Gasteiger partial charge is 0.376 e. The average Bonchev–Trinajstić information content (AvgIpc) is 2.90. The maximum absolute atomic E-state index is 13.8.